The Kier molecular flexibility index (Phi) is 17.8. The van der Waals surface area contributed by atoms with Crippen LogP contribution in [0.4, 0.5) is 5.69 Å². The van der Waals surface area contributed by atoms with Crippen LogP contribution in [0, 0.1) is 20.8 Å². The Morgan fingerprint density at radius 2 is 1.15 bits per heavy atom. The van der Waals surface area contributed by atoms with Crippen LogP contribution < -0.4 is 5.32 Å². The summed E-state index contributed by atoms with van der Waals surface area (Å²) >= 11 is 0. The molecule has 0 heterocycles. The van der Waals surface area contributed by atoms with Crippen molar-refractivity contribution in [3.8, 4) is 16.9 Å². The largest absolute Gasteiger partial charge is 4.00 e. The minimum absolute atomic E-state index is 0. The number of nitrogens with one attached hydrogen (secondary N) is 1. The van der Waals surface area contributed by atoms with Crippen LogP contribution in [0.15, 0.2) is 121 Å². The number of rotatable bonds is 10. The summed E-state index contributed by atoms with van der Waals surface area (Å²) in [5.74, 6) is 1.31. The maximum atomic E-state index is 10.8. The number of para-hydroxylation sites is 1. The van der Waals surface area contributed by atoms with Crippen molar-refractivity contribution in [1.29, 1.82) is 0 Å². The number of phenolic OH excluding ortho intramolecular Hbond substituents is 1. The van der Waals surface area contributed by atoms with Crippen LogP contribution >= 0.6 is 0 Å². The Labute approximate surface area is 303 Å². The molecule has 0 aliphatic heterocycles. The summed E-state index contributed by atoms with van der Waals surface area (Å²) in [6.45, 7) is 20.8. The quantitative estimate of drug-likeness (QED) is 0.0841. The van der Waals surface area contributed by atoms with Crippen molar-refractivity contribution >= 4 is 5.69 Å². The van der Waals surface area contributed by atoms with Crippen LogP contribution in [-0.2, 0) is 32.3 Å². The summed E-state index contributed by atoms with van der Waals surface area (Å²) in [5.41, 5.74) is 10.1. The van der Waals surface area contributed by atoms with Crippen molar-refractivity contribution in [2.45, 2.75) is 52.9 Å². The van der Waals surface area contributed by atoms with Crippen LogP contribution in [0.3, 0.4) is 0 Å². The van der Waals surface area contributed by atoms with E-state index < -0.39 is 0 Å². The molecule has 0 fully saturated rings. The minimum Gasteiger partial charge on any atom is -0.683 e. The van der Waals surface area contributed by atoms with Gasteiger partial charge >= 0.3 is 25.8 Å². The Bertz CT molecular complexity index is 1500. The predicted molar refractivity (Wildman–Crippen MR) is 199 cm³/mol. The molecular weight excluding hydrogens is 739 g/mol. The number of aryl methyl sites for hydroxylation is 1. The first-order valence-corrected chi connectivity index (χ1v) is 16.3. The molecule has 0 spiro atoms. The van der Waals surface area contributed by atoms with E-state index in [9.17, 15) is 5.11 Å². The normalized spacial score (nSPS) is 10.3. The fraction of sp³-hybridized carbons (Fsp3) is 0.256. The number of hydrogen-bond acceptors (Lipinski definition) is 2. The molecule has 0 aliphatic rings. The predicted octanol–water partition coefficient (Wildman–Crippen LogP) is 11.2. The number of benzene rings is 5. The van der Waals surface area contributed by atoms with Gasteiger partial charge in [-0.3, -0.25) is 0 Å². The van der Waals surface area contributed by atoms with Gasteiger partial charge in [-0.25, -0.2) is 0 Å². The third-order valence-electron chi connectivity index (χ3n) is 7.58. The van der Waals surface area contributed by atoms with Gasteiger partial charge in [-0.15, -0.1) is 36.5 Å². The van der Waals surface area contributed by atoms with Crippen LogP contribution in [0.1, 0.15) is 72.9 Å². The second kappa shape index (κ2) is 21.2. The zero-order valence-electron chi connectivity index (χ0n) is 28.8. The molecule has 0 aliphatic carbocycles. The van der Waals surface area contributed by atoms with Gasteiger partial charge < -0.3 is 15.7 Å². The maximum Gasteiger partial charge on any atom is 4.00 e. The van der Waals surface area contributed by atoms with Gasteiger partial charge in [0, 0.05) is 5.56 Å². The minimum atomic E-state index is 0. The van der Waals surface area contributed by atoms with Gasteiger partial charge in [-0.05, 0) is 61.0 Å². The summed E-state index contributed by atoms with van der Waals surface area (Å²) < 4.78 is 0. The zero-order chi connectivity index (χ0) is 33.3. The van der Waals surface area contributed by atoms with Gasteiger partial charge in [-0.1, -0.05) is 106 Å². The van der Waals surface area contributed by atoms with Gasteiger partial charge in [0.25, 0.3) is 0 Å². The average molecular weight is 790 g/mol. The van der Waals surface area contributed by atoms with E-state index in [1.807, 2.05) is 91.0 Å². The summed E-state index contributed by atoms with van der Waals surface area (Å²) in [6, 6.07) is 40.5. The Morgan fingerprint density at radius 1 is 0.660 bits per heavy atom. The monoisotopic (exact) mass is 791 g/mol. The smallest absolute Gasteiger partial charge is 0.683 e. The number of nitrogens with zero attached hydrogens (tertiary/aromatic N) is 1. The third-order valence-corrected chi connectivity index (χ3v) is 7.58. The number of phenols is 1. The van der Waals surface area contributed by atoms with Crippen LogP contribution in [0.5, 0.6) is 5.75 Å². The molecule has 5 rings (SSSR count). The third kappa shape index (κ3) is 13.5. The Morgan fingerprint density at radius 3 is 1.60 bits per heavy atom. The standard InChI is InChI=1S/C29H37N2O.2C7H7.Hf/c1-20(2)25-12-9-13-26(21(3)4)28(25)31-17-16-30-15-14-24-18-22(5)19-27(29(24)32)23-10-7-6-8-11-23;2*1-7-5-3-2-4-6-7;/h6-13,18-21,30,32H,14-17H2,1-5H3;2*2-6H,1H2;/q3*-1;+4. The van der Waals surface area contributed by atoms with Gasteiger partial charge in [0.05, 0.1) is 0 Å². The summed E-state index contributed by atoms with van der Waals surface area (Å²) in [5, 5.41) is 19.3. The van der Waals surface area contributed by atoms with Crippen molar-refractivity contribution in [3.05, 3.63) is 174 Å². The fourth-order valence-corrected chi connectivity index (χ4v) is 5.13. The van der Waals surface area contributed by atoms with Gasteiger partial charge in [0.1, 0.15) is 5.75 Å². The van der Waals surface area contributed by atoms with Gasteiger partial charge in [0.15, 0.2) is 0 Å². The molecule has 0 radical (unpaired) electrons. The first-order valence-electron chi connectivity index (χ1n) is 16.3. The van der Waals surface area contributed by atoms with Crippen molar-refractivity contribution < 1.29 is 30.9 Å². The SMILES string of the molecule is Cc1cc(CCNCC[N-]c2c(C(C)C)cccc2C(C)C)c(O)c(-c2ccccc2)c1.[CH2-]c1ccccc1.[CH2-]c1ccccc1.[Hf+4]. The molecule has 5 aromatic rings. The van der Waals surface area contributed by atoms with Crippen molar-refractivity contribution in [3.63, 3.8) is 0 Å². The summed E-state index contributed by atoms with van der Waals surface area (Å²) in [6.07, 6.45) is 0.785. The molecule has 2 N–H and O–H groups in total. The molecule has 242 valence electrons. The Hall–Kier alpha value is -3.73. The first kappa shape index (κ1) is 39.4. The molecule has 5 aromatic carbocycles. The molecule has 3 nitrogen and oxygen atoms in total. The van der Waals surface area contributed by atoms with E-state index in [2.05, 4.69) is 84.1 Å². The van der Waals surface area contributed by atoms with Crippen molar-refractivity contribution in [1.82, 2.24) is 5.32 Å². The van der Waals surface area contributed by atoms with E-state index in [4.69, 9.17) is 5.32 Å². The van der Waals surface area contributed by atoms with E-state index in [0.29, 0.717) is 17.6 Å². The summed E-state index contributed by atoms with van der Waals surface area (Å²) in [7, 11) is 0. The van der Waals surface area contributed by atoms with E-state index in [0.717, 1.165) is 59.4 Å². The molecule has 0 amide bonds. The molecule has 0 saturated carbocycles. The van der Waals surface area contributed by atoms with E-state index in [-0.39, 0.29) is 25.8 Å². The first-order chi connectivity index (χ1) is 22.2. The topological polar surface area (TPSA) is 46.4 Å². The second-order valence-electron chi connectivity index (χ2n) is 12.1. The molecule has 0 unspecified atom stereocenters. The Balaban J connectivity index is 0.000000419. The average Bonchev–Trinajstić information content (AvgIpc) is 3.05. The molecule has 47 heavy (non-hydrogen) atoms. The molecule has 0 bridgehead atoms. The number of aromatic hydroxyl groups is 1. The molecule has 0 saturated heterocycles. The maximum absolute atomic E-state index is 10.8. The van der Waals surface area contributed by atoms with Gasteiger partial charge in [-0.2, -0.15) is 49.2 Å². The van der Waals surface area contributed by atoms with Crippen LogP contribution in [-0.4, -0.2) is 24.7 Å². The molecular formula is C43H51HfN2O+. The van der Waals surface area contributed by atoms with Crippen LogP contribution in [0.25, 0.3) is 16.4 Å². The summed E-state index contributed by atoms with van der Waals surface area (Å²) in [4.78, 5) is 0. The number of hydrogen-bond donors (Lipinski definition) is 2. The fourth-order valence-electron chi connectivity index (χ4n) is 5.13. The van der Waals surface area contributed by atoms with Gasteiger partial charge in [0.2, 0.25) is 0 Å². The van der Waals surface area contributed by atoms with E-state index in [1.165, 1.54) is 16.8 Å². The van der Waals surface area contributed by atoms with E-state index in [1.54, 1.807) is 0 Å². The molecule has 0 atom stereocenters. The molecule has 4 heteroatoms. The molecule has 0 aromatic heterocycles. The zero-order valence-corrected chi connectivity index (χ0v) is 32.4. The second-order valence-corrected chi connectivity index (χ2v) is 12.1. The van der Waals surface area contributed by atoms with Crippen molar-refractivity contribution in [2.24, 2.45) is 0 Å². The van der Waals surface area contributed by atoms with E-state index >= 15 is 0 Å². The van der Waals surface area contributed by atoms with Crippen LogP contribution in [0.2, 0.25) is 0 Å². The van der Waals surface area contributed by atoms with Crippen molar-refractivity contribution in [2.75, 3.05) is 19.6 Å².